The van der Waals surface area contributed by atoms with Crippen LogP contribution in [0, 0.1) is 11.3 Å². The quantitative estimate of drug-likeness (QED) is 0.694. The molecule has 0 aromatic heterocycles. The van der Waals surface area contributed by atoms with Crippen LogP contribution in [0.25, 0.3) is 0 Å². The highest BCUT2D eigenvalue weighted by atomic mass is 16.3. The Labute approximate surface area is 82.5 Å². The van der Waals surface area contributed by atoms with Crippen molar-refractivity contribution in [1.82, 2.24) is 0 Å². The van der Waals surface area contributed by atoms with Crippen molar-refractivity contribution in [3.63, 3.8) is 0 Å². The molecule has 0 spiro atoms. The van der Waals surface area contributed by atoms with E-state index in [1.54, 1.807) is 0 Å². The third-order valence-electron chi connectivity index (χ3n) is 3.56. The van der Waals surface area contributed by atoms with Crippen LogP contribution in [0.2, 0.25) is 0 Å². The lowest BCUT2D eigenvalue weighted by Crippen LogP contribution is -2.24. The second-order valence-corrected chi connectivity index (χ2v) is 4.96. The van der Waals surface area contributed by atoms with Gasteiger partial charge in [0, 0.05) is 6.61 Å². The van der Waals surface area contributed by atoms with Crippen molar-refractivity contribution in [3.05, 3.63) is 0 Å². The Bertz CT molecular complexity index is 136. The molecule has 0 aromatic rings. The minimum Gasteiger partial charge on any atom is -0.396 e. The van der Waals surface area contributed by atoms with E-state index >= 15 is 0 Å². The highest BCUT2D eigenvalue weighted by molar-refractivity contribution is 4.85. The van der Waals surface area contributed by atoms with Gasteiger partial charge < -0.3 is 5.11 Å². The highest BCUT2D eigenvalue weighted by Gasteiger charge is 2.33. The number of rotatable bonds is 5. The van der Waals surface area contributed by atoms with Gasteiger partial charge in [-0.3, -0.25) is 0 Å². The van der Waals surface area contributed by atoms with E-state index in [2.05, 4.69) is 13.8 Å². The van der Waals surface area contributed by atoms with Crippen LogP contribution in [0.3, 0.4) is 0 Å². The maximum Gasteiger partial charge on any atom is 0.0487 e. The maximum atomic E-state index is 9.43. The smallest absolute Gasteiger partial charge is 0.0487 e. The van der Waals surface area contributed by atoms with Crippen LogP contribution in [0.5, 0.6) is 0 Å². The summed E-state index contributed by atoms with van der Waals surface area (Å²) in [5.41, 5.74) is 0.314. The summed E-state index contributed by atoms with van der Waals surface area (Å²) in [7, 11) is 0. The lowest BCUT2D eigenvalue weighted by Gasteiger charge is -2.29. The molecule has 0 aliphatic heterocycles. The SMILES string of the molecule is CCCC(C)CC1(CO)CCCC1. The first-order valence-electron chi connectivity index (χ1n) is 5.83. The Hall–Kier alpha value is -0.0400. The average Bonchev–Trinajstić information content (AvgIpc) is 2.54. The van der Waals surface area contributed by atoms with Gasteiger partial charge in [-0.2, -0.15) is 0 Å². The first-order valence-corrected chi connectivity index (χ1v) is 5.83. The van der Waals surface area contributed by atoms with Crippen LogP contribution in [0.4, 0.5) is 0 Å². The molecule has 1 saturated carbocycles. The van der Waals surface area contributed by atoms with Crippen molar-refractivity contribution in [2.45, 2.75) is 58.8 Å². The molecule has 1 rings (SSSR count). The third kappa shape index (κ3) is 2.98. The molecule has 1 unspecified atom stereocenters. The lowest BCUT2D eigenvalue weighted by molar-refractivity contribution is 0.102. The highest BCUT2D eigenvalue weighted by Crippen LogP contribution is 2.43. The predicted molar refractivity (Wildman–Crippen MR) is 56.7 cm³/mol. The lowest BCUT2D eigenvalue weighted by atomic mass is 9.78. The van der Waals surface area contributed by atoms with E-state index in [-0.39, 0.29) is 0 Å². The average molecular weight is 184 g/mol. The summed E-state index contributed by atoms with van der Waals surface area (Å²) in [6, 6.07) is 0. The molecule has 1 fully saturated rings. The minimum atomic E-state index is 0.314. The third-order valence-corrected chi connectivity index (χ3v) is 3.56. The van der Waals surface area contributed by atoms with Crippen LogP contribution in [-0.4, -0.2) is 11.7 Å². The number of aliphatic hydroxyl groups is 1. The van der Waals surface area contributed by atoms with Crippen molar-refractivity contribution in [3.8, 4) is 0 Å². The largest absolute Gasteiger partial charge is 0.396 e. The molecule has 0 saturated heterocycles. The van der Waals surface area contributed by atoms with Gasteiger partial charge in [-0.05, 0) is 30.6 Å². The van der Waals surface area contributed by atoms with Gasteiger partial charge in [0.25, 0.3) is 0 Å². The van der Waals surface area contributed by atoms with Crippen LogP contribution >= 0.6 is 0 Å². The first-order chi connectivity index (χ1) is 6.22. The van der Waals surface area contributed by atoms with E-state index < -0.39 is 0 Å². The van der Waals surface area contributed by atoms with Crippen LogP contribution < -0.4 is 0 Å². The Morgan fingerprint density at radius 2 is 1.92 bits per heavy atom. The fourth-order valence-electron chi connectivity index (χ4n) is 2.89. The zero-order valence-electron chi connectivity index (χ0n) is 9.18. The van der Waals surface area contributed by atoms with Gasteiger partial charge in [0.15, 0.2) is 0 Å². The topological polar surface area (TPSA) is 20.2 Å². The minimum absolute atomic E-state index is 0.314. The van der Waals surface area contributed by atoms with E-state index in [1.165, 1.54) is 44.9 Å². The number of hydrogen-bond donors (Lipinski definition) is 1. The van der Waals surface area contributed by atoms with Crippen molar-refractivity contribution >= 4 is 0 Å². The van der Waals surface area contributed by atoms with E-state index in [9.17, 15) is 5.11 Å². The Kier molecular flexibility index (Phi) is 4.24. The molecule has 0 amide bonds. The van der Waals surface area contributed by atoms with Gasteiger partial charge in [-0.15, -0.1) is 0 Å². The molecule has 0 aromatic carbocycles. The van der Waals surface area contributed by atoms with Gasteiger partial charge in [-0.25, -0.2) is 0 Å². The van der Waals surface area contributed by atoms with Gasteiger partial charge in [-0.1, -0.05) is 39.5 Å². The molecule has 0 radical (unpaired) electrons. The molecule has 1 aliphatic rings. The Morgan fingerprint density at radius 3 is 2.38 bits per heavy atom. The second kappa shape index (κ2) is 4.99. The van der Waals surface area contributed by atoms with E-state index in [1.807, 2.05) is 0 Å². The fourth-order valence-corrected chi connectivity index (χ4v) is 2.89. The summed E-state index contributed by atoms with van der Waals surface area (Å²) in [6.45, 7) is 5.00. The molecule has 1 N–H and O–H groups in total. The summed E-state index contributed by atoms with van der Waals surface area (Å²) in [5, 5.41) is 9.43. The number of aliphatic hydroxyl groups excluding tert-OH is 1. The van der Waals surface area contributed by atoms with Gasteiger partial charge in [0.2, 0.25) is 0 Å². The number of hydrogen-bond acceptors (Lipinski definition) is 1. The van der Waals surface area contributed by atoms with Crippen molar-refractivity contribution in [2.24, 2.45) is 11.3 Å². The summed E-state index contributed by atoms with van der Waals surface area (Å²) >= 11 is 0. The monoisotopic (exact) mass is 184 g/mol. The maximum absolute atomic E-state index is 9.43. The fraction of sp³-hybridized carbons (Fsp3) is 1.00. The Morgan fingerprint density at radius 1 is 1.31 bits per heavy atom. The molecule has 1 aliphatic carbocycles. The summed E-state index contributed by atoms with van der Waals surface area (Å²) < 4.78 is 0. The van der Waals surface area contributed by atoms with Crippen LogP contribution in [0.15, 0.2) is 0 Å². The molecule has 1 nitrogen and oxygen atoms in total. The Balaban J connectivity index is 2.38. The molecule has 78 valence electrons. The van der Waals surface area contributed by atoms with Crippen LogP contribution in [0.1, 0.15) is 58.8 Å². The predicted octanol–water partition coefficient (Wildman–Crippen LogP) is 3.37. The van der Waals surface area contributed by atoms with Gasteiger partial charge in [0.05, 0.1) is 0 Å². The molecular formula is C12H24O. The van der Waals surface area contributed by atoms with E-state index in [4.69, 9.17) is 0 Å². The summed E-state index contributed by atoms with van der Waals surface area (Å²) in [5.74, 6) is 0.801. The second-order valence-electron chi connectivity index (χ2n) is 4.96. The van der Waals surface area contributed by atoms with Crippen LogP contribution in [-0.2, 0) is 0 Å². The molecular weight excluding hydrogens is 160 g/mol. The van der Waals surface area contributed by atoms with Crippen molar-refractivity contribution < 1.29 is 5.11 Å². The summed E-state index contributed by atoms with van der Waals surface area (Å²) in [4.78, 5) is 0. The van der Waals surface area contributed by atoms with Gasteiger partial charge >= 0.3 is 0 Å². The zero-order chi connectivity index (χ0) is 9.73. The van der Waals surface area contributed by atoms with E-state index in [0.29, 0.717) is 12.0 Å². The standard InChI is InChI=1S/C12H24O/c1-3-6-11(2)9-12(10-13)7-4-5-8-12/h11,13H,3-10H2,1-2H3. The van der Waals surface area contributed by atoms with Crippen molar-refractivity contribution in [1.29, 1.82) is 0 Å². The molecule has 0 bridgehead atoms. The van der Waals surface area contributed by atoms with Crippen molar-refractivity contribution in [2.75, 3.05) is 6.61 Å². The molecule has 0 heterocycles. The summed E-state index contributed by atoms with van der Waals surface area (Å²) in [6.07, 6.45) is 9.04. The van der Waals surface area contributed by atoms with Gasteiger partial charge in [0.1, 0.15) is 0 Å². The zero-order valence-corrected chi connectivity index (χ0v) is 9.18. The normalized spacial score (nSPS) is 23.3. The first kappa shape index (κ1) is 11.0. The molecule has 1 atom stereocenters. The molecule has 1 heteroatoms. The van der Waals surface area contributed by atoms with E-state index in [0.717, 1.165) is 5.92 Å². The molecule has 13 heavy (non-hydrogen) atoms.